The number of benzene rings is 2. The molecule has 2 aromatic heterocycles. The number of nitrogens with zero attached hydrogens (tertiary/aromatic N) is 2. The molecule has 0 fully saturated rings. The van der Waals surface area contributed by atoms with Gasteiger partial charge in [-0.05, 0) is 30.7 Å². The zero-order valence-corrected chi connectivity index (χ0v) is 14.6. The zero-order valence-electron chi connectivity index (χ0n) is 14.6. The number of aromatic nitrogens is 2. The number of hydrogen-bond donors (Lipinski definition) is 1. The molecule has 0 aliphatic rings. The highest BCUT2D eigenvalue weighted by atomic mass is 19.1. The summed E-state index contributed by atoms with van der Waals surface area (Å²) in [6.45, 7) is 2.98. The summed E-state index contributed by atoms with van der Waals surface area (Å²) in [5.74, 6) is -0.299. The lowest BCUT2D eigenvalue weighted by Gasteiger charge is -2.04. The fraction of sp³-hybridized carbons (Fsp3) is 0.238. The minimum Gasteiger partial charge on any atom is -0.423 e. The van der Waals surface area contributed by atoms with Gasteiger partial charge in [0.15, 0.2) is 5.58 Å². The first-order valence-corrected chi connectivity index (χ1v) is 8.95. The van der Waals surface area contributed by atoms with Gasteiger partial charge in [-0.3, -0.25) is 0 Å². The molecule has 4 nitrogen and oxygen atoms in total. The Bertz CT molecular complexity index is 1060. The summed E-state index contributed by atoms with van der Waals surface area (Å²) in [6, 6.07) is 14.6. The van der Waals surface area contributed by atoms with Crippen molar-refractivity contribution < 1.29 is 8.81 Å². The molecule has 0 unspecified atom stereocenters. The first kappa shape index (κ1) is 16.5. The maximum Gasteiger partial charge on any atom is 0.295 e. The Morgan fingerprint density at radius 2 is 1.92 bits per heavy atom. The second-order valence-corrected chi connectivity index (χ2v) is 6.32. The number of halogens is 1. The molecule has 0 saturated carbocycles. The van der Waals surface area contributed by atoms with Gasteiger partial charge in [0.2, 0.25) is 0 Å². The Labute approximate surface area is 151 Å². The summed E-state index contributed by atoms with van der Waals surface area (Å²) in [4.78, 5) is 9.32. The third kappa shape index (κ3) is 3.12. The highest BCUT2D eigenvalue weighted by molar-refractivity contribution is 6.06. The van der Waals surface area contributed by atoms with E-state index in [-0.39, 0.29) is 5.82 Å². The first-order valence-electron chi connectivity index (χ1n) is 8.95. The molecular weight excluding hydrogens is 329 g/mol. The predicted molar refractivity (Wildman–Crippen MR) is 103 cm³/mol. The number of anilines is 1. The van der Waals surface area contributed by atoms with E-state index in [1.165, 1.54) is 12.1 Å². The number of rotatable bonds is 6. The predicted octanol–water partition coefficient (Wildman–Crippen LogP) is 5.78. The summed E-state index contributed by atoms with van der Waals surface area (Å²) in [7, 11) is 0. The molecule has 0 atom stereocenters. The van der Waals surface area contributed by atoms with Crippen molar-refractivity contribution in [2.24, 2.45) is 0 Å². The SMILES string of the molecule is CCCCCNc1nc2c(-c3cccc(F)c3)nc3ccccc3c2o1. The van der Waals surface area contributed by atoms with Crippen molar-refractivity contribution >= 4 is 28.0 Å². The second kappa shape index (κ2) is 7.12. The molecule has 0 aliphatic heterocycles. The van der Waals surface area contributed by atoms with Gasteiger partial charge in [0.25, 0.3) is 6.01 Å². The van der Waals surface area contributed by atoms with Crippen LogP contribution in [0.5, 0.6) is 0 Å². The van der Waals surface area contributed by atoms with Crippen LogP contribution in [0.1, 0.15) is 26.2 Å². The molecule has 0 radical (unpaired) electrons. The number of pyridine rings is 1. The van der Waals surface area contributed by atoms with Gasteiger partial charge in [0.1, 0.15) is 17.0 Å². The van der Waals surface area contributed by atoms with Crippen molar-refractivity contribution in [1.29, 1.82) is 0 Å². The maximum absolute atomic E-state index is 13.7. The molecule has 1 N–H and O–H groups in total. The fourth-order valence-corrected chi connectivity index (χ4v) is 3.08. The van der Waals surface area contributed by atoms with Gasteiger partial charge >= 0.3 is 0 Å². The van der Waals surface area contributed by atoms with E-state index in [0.29, 0.717) is 28.4 Å². The lowest BCUT2D eigenvalue weighted by molar-refractivity contribution is 0.611. The molecule has 0 bridgehead atoms. The smallest absolute Gasteiger partial charge is 0.295 e. The van der Waals surface area contributed by atoms with E-state index < -0.39 is 0 Å². The summed E-state index contributed by atoms with van der Waals surface area (Å²) < 4.78 is 19.7. The lowest BCUT2D eigenvalue weighted by atomic mass is 10.1. The number of unbranched alkanes of at least 4 members (excludes halogenated alkanes) is 2. The van der Waals surface area contributed by atoms with Crippen molar-refractivity contribution in [3.63, 3.8) is 0 Å². The molecule has 0 spiro atoms. The first-order chi connectivity index (χ1) is 12.8. The largest absolute Gasteiger partial charge is 0.423 e. The molecule has 4 aromatic rings. The van der Waals surface area contributed by atoms with Crippen LogP contribution in [0.15, 0.2) is 52.9 Å². The molecule has 2 heterocycles. The normalized spacial score (nSPS) is 11.3. The van der Waals surface area contributed by atoms with E-state index in [2.05, 4.69) is 17.2 Å². The van der Waals surface area contributed by atoms with Gasteiger partial charge in [-0.2, -0.15) is 4.98 Å². The number of para-hydroxylation sites is 1. The van der Waals surface area contributed by atoms with E-state index in [1.807, 2.05) is 30.3 Å². The molecule has 132 valence electrons. The van der Waals surface area contributed by atoms with E-state index in [9.17, 15) is 4.39 Å². The van der Waals surface area contributed by atoms with Crippen molar-refractivity contribution in [2.75, 3.05) is 11.9 Å². The lowest BCUT2D eigenvalue weighted by Crippen LogP contribution is -2.01. The van der Waals surface area contributed by atoms with Gasteiger partial charge in [0, 0.05) is 17.5 Å². The third-order valence-electron chi connectivity index (χ3n) is 4.39. The van der Waals surface area contributed by atoms with Gasteiger partial charge in [-0.25, -0.2) is 9.37 Å². The van der Waals surface area contributed by atoms with E-state index >= 15 is 0 Å². The van der Waals surface area contributed by atoms with Crippen molar-refractivity contribution in [3.05, 3.63) is 54.3 Å². The molecule has 26 heavy (non-hydrogen) atoms. The molecular formula is C21H20FN3O. The van der Waals surface area contributed by atoms with Crippen LogP contribution in [0.3, 0.4) is 0 Å². The molecule has 4 rings (SSSR count). The Balaban J connectivity index is 1.85. The highest BCUT2D eigenvalue weighted by Crippen LogP contribution is 2.34. The van der Waals surface area contributed by atoms with Gasteiger partial charge < -0.3 is 9.73 Å². The molecule has 0 aliphatic carbocycles. The van der Waals surface area contributed by atoms with E-state index in [4.69, 9.17) is 9.40 Å². The summed E-state index contributed by atoms with van der Waals surface area (Å²) >= 11 is 0. The second-order valence-electron chi connectivity index (χ2n) is 6.32. The van der Waals surface area contributed by atoms with Gasteiger partial charge in [0.05, 0.1) is 5.52 Å². The quantitative estimate of drug-likeness (QED) is 0.448. The number of hydrogen-bond acceptors (Lipinski definition) is 4. The topological polar surface area (TPSA) is 51.0 Å². The summed E-state index contributed by atoms with van der Waals surface area (Å²) in [5.41, 5.74) is 3.43. The molecule has 2 aromatic carbocycles. The van der Waals surface area contributed by atoms with Crippen LogP contribution in [0.2, 0.25) is 0 Å². The minimum absolute atomic E-state index is 0.299. The van der Waals surface area contributed by atoms with E-state index in [0.717, 1.165) is 36.7 Å². The van der Waals surface area contributed by atoms with Crippen LogP contribution in [0, 0.1) is 5.82 Å². The van der Waals surface area contributed by atoms with Gasteiger partial charge in [-0.1, -0.05) is 44.0 Å². The fourth-order valence-electron chi connectivity index (χ4n) is 3.08. The van der Waals surface area contributed by atoms with Gasteiger partial charge in [-0.15, -0.1) is 0 Å². The van der Waals surface area contributed by atoms with Crippen LogP contribution >= 0.6 is 0 Å². The molecule has 0 saturated heterocycles. The summed E-state index contributed by atoms with van der Waals surface area (Å²) in [5, 5.41) is 4.14. The van der Waals surface area contributed by atoms with Crippen LogP contribution in [0.4, 0.5) is 10.4 Å². The minimum atomic E-state index is -0.299. The highest BCUT2D eigenvalue weighted by Gasteiger charge is 2.17. The molecule has 5 heteroatoms. The average Bonchev–Trinajstić information content (AvgIpc) is 3.09. The average molecular weight is 349 g/mol. The summed E-state index contributed by atoms with van der Waals surface area (Å²) in [6.07, 6.45) is 3.38. The van der Waals surface area contributed by atoms with Crippen molar-refractivity contribution in [3.8, 4) is 11.3 Å². The Kier molecular flexibility index (Phi) is 4.52. The van der Waals surface area contributed by atoms with Crippen LogP contribution < -0.4 is 5.32 Å². The van der Waals surface area contributed by atoms with Crippen LogP contribution in [-0.4, -0.2) is 16.5 Å². The van der Waals surface area contributed by atoms with Crippen molar-refractivity contribution in [1.82, 2.24) is 9.97 Å². The number of nitrogens with one attached hydrogen (secondary N) is 1. The monoisotopic (exact) mass is 349 g/mol. The maximum atomic E-state index is 13.7. The third-order valence-corrected chi connectivity index (χ3v) is 4.39. The molecule has 0 amide bonds. The zero-order chi connectivity index (χ0) is 17.9. The Hall–Kier alpha value is -2.95. The van der Waals surface area contributed by atoms with Crippen LogP contribution in [-0.2, 0) is 0 Å². The van der Waals surface area contributed by atoms with E-state index in [1.54, 1.807) is 6.07 Å². The number of fused-ring (bicyclic) bond motifs is 3. The Morgan fingerprint density at radius 1 is 1.04 bits per heavy atom. The standard InChI is InChI=1S/C21H20FN3O/c1-2-3-6-12-23-21-25-19-18(14-8-7-9-15(22)13-14)24-17-11-5-4-10-16(17)20(19)26-21/h4-5,7-11,13H,2-3,6,12H2,1H3,(H,23,25). The number of oxazole rings is 1. The Morgan fingerprint density at radius 3 is 2.77 bits per heavy atom. The van der Waals surface area contributed by atoms with Crippen molar-refractivity contribution in [2.45, 2.75) is 26.2 Å². The van der Waals surface area contributed by atoms with Crippen LogP contribution in [0.25, 0.3) is 33.3 Å².